The molecule has 6 heteroatoms. The van der Waals surface area contributed by atoms with Crippen LogP contribution in [0.25, 0.3) is 0 Å². The fourth-order valence-electron chi connectivity index (χ4n) is 4.54. The van der Waals surface area contributed by atoms with Gasteiger partial charge >= 0.3 is 0 Å². The molecule has 2 aliphatic rings. The number of ketones is 1. The SMILES string of the molecule is COc1cc(Cl)ccc1N1CCN(CCCCn2ccc3c2CCCC3=O)CC1. The van der Waals surface area contributed by atoms with Crippen molar-refractivity contribution < 1.29 is 9.53 Å². The molecule has 0 amide bonds. The Morgan fingerprint density at radius 3 is 2.62 bits per heavy atom. The maximum atomic E-state index is 12.0. The number of halogens is 1. The van der Waals surface area contributed by atoms with Gasteiger partial charge in [-0.15, -0.1) is 0 Å². The van der Waals surface area contributed by atoms with Crippen LogP contribution in [-0.2, 0) is 13.0 Å². The van der Waals surface area contributed by atoms with Crippen molar-refractivity contribution in [2.75, 3.05) is 44.7 Å². The van der Waals surface area contributed by atoms with E-state index in [2.05, 4.69) is 26.6 Å². The van der Waals surface area contributed by atoms with Gasteiger partial charge in [0, 0.05) is 67.7 Å². The van der Waals surface area contributed by atoms with Crippen molar-refractivity contribution in [1.82, 2.24) is 9.47 Å². The highest BCUT2D eigenvalue weighted by Gasteiger charge is 2.21. The third kappa shape index (κ3) is 4.62. The fraction of sp³-hybridized carbons (Fsp3) is 0.522. The van der Waals surface area contributed by atoms with Gasteiger partial charge in [0.1, 0.15) is 5.75 Å². The highest BCUT2D eigenvalue weighted by molar-refractivity contribution is 6.30. The van der Waals surface area contributed by atoms with E-state index in [1.54, 1.807) is 7.11 Å². The van der Waals surface area contributed by atoms with E-state index in [1.165, 1.54) is 12.1 Å². The van der Waals surface area contributed by atoms with Crippen LogP contribution in [0.5, 0.6) is 5.75 Å². The van der Waals surface area contributed by atoms with Crippen LogP contribution in [0.2, 0.25) is 5.02 Å². The van der Waals surface area contributed by atoms with Crippen molar-refractivity contribution in [2.45, 2.75) is 38.6 Å². The molecule has 0 bridgehead atoms. The molecular formula is C23H30ClN3O2. The molecule has 0 radical (unpaired) electrons. The molecule has 2 heterocycles. The van der Waals surface area contributed by atoms with E-state index >= 15 is 0 Å². The molecule has 1 aliphatic carbocycles. The minimum Gasteiger partial charge on any atom is -0.495 e. The van der Waals surface area contributed by atoms with Crippen LogP contribution in [-0.4, -0.2) is 55.1 Å². The zero-order valence-electron chi connectivity index (χ0n) is 17.2. The standard InChI is InChI=1S/C23H30ClN3O2/c1-29-23-17-18(24)7-8-21(23)27-15-13-25(14-16-27)10-2-3-11-26-12-9-19-20(26)5-4-6-22(19)28/h7-9,12,17H,2-6,10-11,13-16H2,1H3. The molecule has 0 unspecified atom stereocenters. The van der Waals surface area contributed by atoms with Gasteiger partial charge in [0.05, 0.1) is 12.8 Å². The zero-order valence-corrected chi connectivity index (χ0v) is 18.0. The van der Waals surface area contributed by atoms with Crippen molar-refractivity contribution in [3.63, 3.8) is 0 Å². The Balaban J connectivity index is 1.22. The lowest BCUT2D eigenvalue weighted by Gasteiger charge is -2.36. The van der Waals surface area contributed by atoms with Crippen LogP contribution in [0.15, 0.2) is 30.5 Å². The van der Waals surface area contributed by atoms with Gasteiger partial charge in [-0.25, -0.2) is 0 Å². The summed E-state index contributed by atoms with van der Waals surface area (Å²) in [5, 5.41) is 0.706. The normalized spacial score (nSPS) is 17.4. The summed E-state index contributed by atoms with van der Waals surface area (Å²) in [5.74, 6) is 1.17. The molecule has 156 valence electrons. The molecule has 1 saturated heterocycles. The maximum Gasteiger partial charge on any atom is 0.164 e. The Kier molecular flexibility index (Phi) is 6.46. The molecule has 0 atom stereocenters. The lowest BCUT2D eigenvalue weighted by molar-refractivity contribution is 0.0971. The van der Waals surface area contributed by atoms with Crippen molar-refractivity contribution >= 4 is 23.1 Å². The van der Waals surface area contributed by atoms with Gasteiger partial charge in [-0.3, -0.25) is 9.69 Å². The van der Waals surface area contributed by atoms with Crippen LogP contribution in [0.1, 0.15) is 41.7 Å². The highest BCUT2D eigenvalue weighted by atomic mass is 35.5. The summed E-state index contributed by atoms with van der Waals surface area (Å²) in [5.41, 5.74) is 3.35. The van der Waals surface area contributed by atoms with E-state index in [1.807, 2.05) is 18.2 Å². The summed E-state index contributed by atoms with van der Waals surface area (Å²) >= 11 is 6.09. The van der Waals surface area contributed by atoms with Gasteiger partial charge in [-0.05, 0) is 50.4 Å². The topological polar surface area (TPSA) is 37.7 Å². The Morgan fingerprint density at radius 1 is 1.03 bits per heavy atom. The number of Topliss-reactive ketones (excluding diaryl/α,β-unsaturated/α-hetero) is 1. The van der Waals surface area contributed by atoms with E-state index < -0.39 is 0 Å². The van der Waals surface area contributed by atoms with Crippen LogP contribution in [0.3, 0.4) is 0 Å². The number of unbranched alkanes of at least 4 members (excludes halogenated alkanes) is 1. The third-order valence-electron chi connectivity index (χ3n) is 6.17. The number of piperazine rings is 1. The van der Waals surface area contributed by atoms with Crippen LogP contribution < -0.4 is 9.64 Å². The number of methoxy groups -OCH3 is 1. The lowest BCUT2D eigenvalue weighted by Crippen LogP contribution is -2.46. The Labute approximate surface area is 178 Å². The molecule has 2 aromatic rings. The largest absolute Gasteiger partial charge is 0.495 e. The second-order valence-corrected chi connectivity index (χ2v) is 8.43. The minimum absolute atomic E-state index is 0.320. The second kappa shape index (κ2) is 9.23. The first-order valence-electron chi connectivity index (χ1n) is 10.7. The highest BCUT2D eigenvalue weighted by Crippen LogP contribution is 2.31. The second-order valence-electron chi connectivity index (χ2n) is 8.00. The van der Waals surface area contributed by atoms with Crippen LogP contribution in [0.4, 0.5) is 5.69 Å². The lowest BCUT2D eigenvalue weighted by atomic mass is 9.97. The van der Waals surface area contributed by atoms with Crippen molar-refractivity contribution in [3.8, 4) is 5.75 Å². The van der Waals surface area contributed by atoms with E-state index in [9.17, 15) is 4.79 Å². The molecule has 0 saturated carbocycles. The first-order chi connectivity index (χ1) is 14.2. The van der Waals surface area contributed by atoms with E-state index in [4.69, 9.17) is 16.3 Å². The molecule has 29 heavy (non-hydrogen) atoms. The number of fused-ring (bicyclic) bond motifs is 1. The van der Waals surface area contributed by atoms with E-state index in [0.717, 1.165) is 75.5 Å². The summed E-state index contributed by atoms with van der Waals surface area (Å²) < 4.78 is 7.81. The molecule has 4 rings (SSSR count). The number of anilines is 1. The Hall–Kier alpha value is -1.98. The first-order valence-corrected chi connectivity index (χ1v) is 11.1. The number of hydrogen-bond donors (Lipinski definition) is 0. The fourth-order valence-corrected chi connectivity index (χ4v) is 4.70. The molecule has 0 spiro atoms. The van der Waals surface area contributed by atoms with Gasteiger partial charge < -0.3 is 14.2 Å². The number of hydrogen-bond acceptors (Lipinski definition) is 4. The quantitative estimate of drug-likeness (QED) is 0.633. The number of carbonyl (C=O) groups excluding carboxylic acids is 1. The molecule has 1 aromatic heterocycles. The zero-order chi connectivity index (χ0) is 20.2. The van der Waals surface area contributed by atoms with Crippen molar-refractivity contribution in [2.24, 2.45) is 0 Å². The molecular weight excluding hydrogens is 386 g/mol. The van der Waals surface area contributed by atoms with Crippen molar-refractivity contribution in [3.05, 3.63) is 46.7 Å². The minimum atomic E-state index is 0.320. The first kappa shape index (κ1) is 20.3. The molecule has 1 aromatic carbocycles. The van der Waals surface area contributed by atoms with Gasteiger partial charge in [0.15, 0.2) is 5.78 Å². The number of benzene rings is 1. The summed E-state index contributed by atoms with van der Waals surface area (Å²) in [6.07, 6.45) is 7.20. The molecule has 1 fully saturated rings. The van der Waals surface area contributed by atoms with Gasteiger partial charge in [-0.1, -0.05) is 11.6 Å². The van der Waals surface area contributed by atoms with Gasteiger partial charge in [0.2, 0.25) is 0 Å². The van der Waals surface area contributed by atoms with Crippen molar-refractivity contribution in [1.29, 1.82) is 0 Å². The number of rotatable bonds is 7. The van der Waals surface area contributed by atoms with Gasteiger partial charge in [0.25, 0.3) is 0 Å². The number of carbonyl (C=O) groups is 1. The predicted octanol–water partition coefficient (Wildman–Crippen LogP) is 4.27. The summed E-state index contributed by atoms with van der Waals surface area (Å²) in [4.78, 5) is 16.9. The van der Waals surface area contributed by atoms with Crippen LogP contribution in [0, 0.1) is 0 Å². The average molecular weight is 416 g/mol. The summed E-state index contributed by atoms with van der Waals surface area (Å²) in [6, 6.07) is 7.89. The van der Waals surface area contributed by atoms with E-state index in [-0.39, 0.29) is 0 Å². The number of nitrogens with zero attached hydrogens (tertiary/aromatic N) is 3. The third-order valence-corrected chi connectivity index (χ3v) is 6.41. The maximum absolute atomic E-state index is 12.0. The monoisotopic (exact) mass is 415 g/mol. The average Bonchev–Trinajstić information content (AvgIpc) is 3.16. The van der Waals surface area contributed by atoms with Gasteiger partial charge in [-0.2, -0.15) is 0 Å². The molecule has 5 nitrogen and oxygen atoms in total. The summed E-state index contributed by atoms with van der Waals surface area (Å²) in [7, 11) is 1.70. The predicted molar refractivity (Wildman–Crippen MR) is 118 cm³/mol. The summed E-state index contributed by atoms with van der Waals surface area (Å²) in [6.45, 7) is 6.30. The number of aromatic nitrogens is 1. The Bertz CT molecular complexity index is 856. The Morgan fingerprint density at radius 2 is 1.83 bits per heavy atom. The molecule has 1 aliphatic heterocycles. The molecule has 0 N–H and O–H groups in total. The van der Waals surface area contributed by atoms with Crippen LogP contribution >= 0.6 is 11.6 Å². The number of ether oxygens (including phenoxy) is 1. The number of aryl methyl sites for hydroxylation is 1. The van der Waals surface area contributed by atoms with E-state index in [0.29, 0.717) is 17.2 Å². The smallest absolute Gasteiger partial charge is 0.164 e.